The number of aromatic amines is 1. The van der Waals surface area contributed by atoms with Gasteiger partial charge in [-0.15, -0.1) is 0 Å². The van der Waals surface area contributed by atoms with Crippen LogP contribution in [0.25, 0.3) is 11.0 Å². The summed E-state index contributed by atoms with van der Waals surface area (Å²) >= 11 is 6.10. The Morgan fingerprint density at radius 1 is 1.14 bits per heavy atom. The van der Waals surface area contributed by atoms with Gasteiger partial charge in [0.2, 0.25) is 5.91 Å². The van der Waals surface area contributed by atoms with E-state index in [0.717, 1.165) is 35.2 Å². The lowest BCUT2D eigenvalue weighted by Gasteiger charge is -2.33. The van der Waals surface area contributed by atoms with Crippen molar-refractivity contribution in [3.05, 3.63) is 63.5 Å². The number of para-hydroxylation sites is 2. The van der Waals surface area contributed by atoms with E-state index in [-0.39, 0.29) is 23.6 Å². The molecule has 0 radical (unpaired) electrons. The molecule has 1 N–H and O–H groups in total. The lowest BCUT2D eigenvalue weighted by atomic mass is 9.97. The molecule has 0 spiro atoms. The second kappa shape index (κ2) is 6.71. The van der Waals surface area contributed by atoms with Crippen LogP contribution in [0.5, 0.6) is 5.75 Å². The van der Waals surface area contributed by atoms with E-state index in [2.05, 4.69) is 4.98 Å². The number of imidazole rings is 1. The number of fused-ring (bicyclic) bond motifs is 2. The summed E-state index contributed by atoms with van der Waals surface area (Å²) in [6.07, 6.45) is 1.51. The summed E-state index contributed by atoms with van der Waals surface area (Å²) in [7, 11) is 0. The minimum Gasteiger partial charge on any atom is -0.492 e. The van der Waals surface area contributed by atoms with Gasteiger partial charge in [0, 0.05) is 29.7 Å². The lowest BCUT2D eigenvalue weighted by molar-refractivity contribution is -0.134. The molecule has 7 heteroatoms. The quantitative estimate of drug-likeness (QED) is 0.721. The molecule has 3 heterocycles. The molecular weight excluding hydrogens is 378 g/mol. The van der Waals surface area contributed by atoms with Crippen LogP contribution < -0.4 is 10.4 Å². The number of piperidine rings is 1. The van der Waals surface area contributed by atoms with Crippen molar-refractivity contribution in [3.63, 3.8) is 0 Å². The maximum Gasteiger partial charge on any atom is 0.326 e. The Bertz CT molecular complexity index is 1110. The second-order valence-corrected chi connectivity index (χ2v) is 7.86. The van der Waals surface area contributed by atoms with E-state index >= 15 is 0 Å². The average molecular weight is 398 g/mol. The highest BCUT2D eigenvalue weighted by Crippen LogP contribution is 2.37. The Kier molecular flexibility index (Phi) is 4.16. The van der Waals surface area contributed by atoms with Gasteiger partial charge >= 0.3 is 5.69 Å². The van der Waals surface area contributed by atoms with E-state index in [9.17, 15) is 9.59 Å². The first-order valence-corrected chi connectivity index (χ1v) is 9.90. The van der Waals surface area contributed by atoms with Gasteiger partial charge in [-0.2, -0.15) is 0 Å². The van der Waals surface area contributed by atoms with Crippen molar-refractivity contribution < 1.29 is 9.53 Å². The number of carbonyl (C=O) groups excluding carboxylic acids is 1. The van der Waals surface area contributed by atoms with E-state index in [1.54, 1.807) is 6.07 Å². The Morgan fingerprint density at radius 2 is 1.93 bits per heavy atom. The zero-order chi connectivity index (χ0) is 19.3. The van der Waals surface area contributed by atoms with Crippen molar-refractivity contribution in [2.45, 2.75) is 24.8 Å². The number of halogens is 1. The number of likely N-dealkylation sites (tertiary alicyclic amines) is 1. The SMILES string of the molecule is O=C(C1COc2ccc(Cl)cc21)N1CCC(n2c(=O)[nH]c3ccccc32)CC1. The number of hydrogen-bond acceptors (Lipinski definition) is 3. The maximum absolute atomic E-state index is 13.1. The average Bonchev–Trinajstić information content (AvgIpc) is 3.27. The number of nitrogens with zero attached hydrogens (tertiary/aromatic N) is 2. The highest BCUT2D eigenvalue weighted by molar-refractivity contribution is 6.30. The van der Waals surface area contributed by atoms with Crippen LogP contribution in [0.2, 0.25) is 5.02 Å². The maximum atomic E-state index is 13.1. The largest absolute Gasteiger partial charge is 0.492 e. The summed E-state index contributed by atoms with van der Waals surface area (Å²) < 4.78 is 7.50. The molecule has 28 heavy (non-hydrogen) atoms. The van der Waals surface area contributed by atoms with Gasteiger partial charge in [0.1, 0.15) is 18.3 Å². The van der Waals surface area contributed by atoms with Crippen LogP contribution in [0.1, 0.15) is 30.4 Å². The fourth-order valence-electron chi connectivity index (χ4n) is 4.39. The first-order chi connectivity index (χ1) is 13.6. The number of amides is 1. The first kappa shape index (κ1) is 17.4. The van der Waals surface area contributed by atoms with Crippen LogP contribution in [0, 0.1) is 0 Å². The van der Waals surface area contributed by atoms with E-state index < -0.39 is 0 Å². The van der Waals surface area contributed by atoms with Crippen molar-refractivity contribution in [1.82, 2.24) is 14.5 Å². The van der Waals surface area contributed by atoms with Crippen molar-refractivity contribution in [2.24, 2.45) is 0 Å². The second-order valence-electron chi connectivity index (χ2n) is 7.42. The predicted octanol–water partition coefficient (Wildman–Crippen LogP) is 3.32. The molecule has 1 unspecified atom stereocenters. The first-order valence-electron chi connectivity index (χ1n) is 9.52. The zero-order valence-electron chi connectivity index (χ0n) is 15.2. The molecule has 0 saturated carbocycles. The van der Waals surface area contributed by atoms with Crippen molar-refractivity contribution in [3.8, 4) is 5.75 Å². The van der Waals surface area contributed by atoms with Crippen LogP contribution in [-0.2, 0) is 4.79 Å². The molecule has 2 aromatic carbocycles. The van der Waals surface area contributed by atoms with Gasteiger partial charge in [0.05, 0.1) is 11.0 Å². The van der Waals surface area contributed by atoms with Crippen LogP contribution >= 0.6 is 11.6 Å². The molecule has 1 saturated heterocycles. The third-order valence-electron chi connectivity index (χ3n) is 5.82. The molecule has 1 fully saturated rings. The van der Waals surface area contributed by atoms with Crippen LogP contribution in [0.4, 0.5) is 0 Å². The van der Waals surface area contributed by atoms with Crippen molar-refractivity contribution in [2.75, 3.05) is 19.7 Å². The minimum atomic E-state index is -0.305. The third-order valence-corrected chi connectivity index (χ3v) is 6.05. The molecule has 1 amide bonds. The van der Waals surface area contributed by atoms with E-state index in [1.807, 2.05) is 45.9 Å². The number of H-pyrrole nitrogens is 1. The summed E-state index contributed by atoms with van der Waals surface area (Å²) in [4.78, 5) is 30.3. The summed E-state index contributed by atoms with van der Waals surface area (Å²) in [6, 6.07) is 13.2. The van der Waals surface area contributed by atoms with Gasteiger partial charge < -0.3 is 14.6 Å². The molecule has 2 aliphatic rings. The Balaban J connectivity index is 1.33. The predicted molar refractivity (Wildman–Crippen MR) is 107 cm³/mol. The summed E-state index contributed by atoms with van der Waals surface area (Å²) in [5.74, 6) is 0.509. The van der Waals surface area contributed by atoms with Gasteiger partial charge in [0.15, 0.2) is 0 Å². The number of benzene rings is 2. The smallest absolute Gasteiger partial charge is 0.326 e. The monoisotopic (exact) mass is 397 g/mol. The zero-order valence-corrected chi connectivity index (χ0v) is 16.0. The molecule has 1 atom stereocenters. The van der Waals surface area contributed by atoms with Crippen LogP contribution in [-0.4, -0.2) is 40.1 Å². The van der Waals surface area contributed by atoms with Gasteiger partial charge in [-0.25, -0.2) is 4.79 Å². The highest BCUT2D eigenvalue weighted by Gasteiger charge is 2.35. The molecule has 0 aliphatic carbocycles. The molecule has 6 nitrogen and oxygen atoms in total. The lowest BCUT2D eigenvalue weighted by Crippen LogP contribution is -2.42. The van der Waals surface area contributed by atoms with Gasteiger partial charge in [-0.1, -0.05) is 23.7 Å². The van der Waals surface area contributed by atoms with Gasteiger partial charge in [-0.05, 0) is 43.2 Å². The number of hydrogen-bond donors (Lipinski definition) is 1. The third kappa shape index (κ3) is 2.79. The summed E-state index contributed by atoms with van der Waals surface area (Å²) in [5.41, 5.74) is 2.55. The standard InChI is InChI=1S/C21H20ClN3O3/c22-13-5-6-19-15(11-13)16(12-28-19)20(26)24-9-7-14(8-10-24)25-18-4-2-1-3-17(18)23-21(25)27/h1-6,11,14,16H,7-10,12H2,(H,23,27). The fraction of sp³-hybridized carbons (Fsp3) is 0.333. The molecule has 3 aromatic rings. The van der Waals surface area contributed by atoms with E-state index in [0.29, 0.717) is 24.7 Å². The molecule has 2 aliphatic heterocycles. The number of ether oxygens (including phenoxy) is 1. The van der Waals surface area contributed by atoms with Gasteiger partial charge in [-0.3, -0.25) is 9.36 Å². The van der Waals surface area contributed by atoms with Crippen LogP contribution in [0.15, 0.2) is 47.3 Å². The van der Waals surface area contributed by atoms with Crippen molar-refractivity contribution in [1.29, 1.82) is 0 Å². The summed E-state index contributed by atoms with van der Waals surface area (Å²) in [6.45, 7) is 1.61. The summed E-state index contributed by atoms with van der Waals surface area (Å²) in [5, 5.41) is 0.611. The highest BCUT2D eigenvalue weighted by atomic mass is 35.5. The Labute approximate surface area is 166 Å². The molecule has 1 aromatic heterocycles. The minimum absolute atomic E-state index is 0.0748. The number of aromatic nitrogens is 2. The van der Waals surface area contributed by atoms with Crippen LogP contribution in [0.3, 0.4) is 0 Å². The molecule has 0 bridgehead atoms. The van der Waals surface area contributed by atoms with Crippen molar-refractivity contribution >= 4 is 28.5 Å². The van der Waals surface area contributed by atoms with Gasteiger partial charge in [0.25, 0.3) is 0 Å². The number of nitrogens with one attached hydrogen (secondary N) is 1. The topological polar surface area (TPSA) is 67.3 Å². The number of carbonyl (C=O) groups is 1. The Morgan fingerprint density at radius 3 is 2.75 bits per heavy atom. The molecular formula is C21H20ClN3O3. The number of rotatable bonds is 2. The molecule has 144 valence electrons. The van der Waals surface area contributed by atoms with E-state index in [4.69, 9.17) is 16.3 Å². The molecule has 5 rings (SSSR count). The fourth-order valence-corrected chi connectivity index (χ4v) is 4.57. The Hall–Kier alpha value is -2.73. The van der Waals surface area contributed by atoms with E-state index in [1.165, 1.54) is 0 Å². The normalized spacial score (nSPS) is 19.6.